The summed E-state index contributed by atoms with van der Waals surface area (Å²) in [5, 5.41) is 9.74. The Morgan fingerprint density at radius 1 is 0.962 bits per heavy atom. The molecule has 4 rings (SSSR count). The topological polar surface area (TPSA) is 46.9 Å². The summed E-state index contributed by atoms with van der Waals surface area (Å²) in [6.07, 6.45) is 0. The molecule has 0 saturated heterocycles. The zero-order valence-corrected chi connectivity index (χ0v) is 14.9. The van der Waals surface area contributed by atoms with Crippen molar-refractivity contribution >= 4 is 34.0 Å². The molecule has 0 aliphatic carbocycles. The molecule has 128 valence electrons. The second-order valence-electron chi connectivity index (χ2n) is 5.98. The monoisotopic (exact) mass is 361 g/mol. The summed E-state index contributed by atoms with van der Waals surface area (Å²) in [6, 6.07) is 23.2. The predicted octanol–water partition coefficient (Wildman–Crippen LogP) is 5.24. The lowest BCUT2D eigenvalue weighted by Gasteiger charge is -2.09. The maximum absolute atomic E-state index is 12.9. The van der Waals surface area contributed by atoms with Gasteiger partial charge in [0.2, 0.25) is 0 Å². The Balaban J connectivity index is 1.72. The maximum atomic E-state index is 12.9. The van der Waals surface area contributed by atoms with E-state index in [-0.39, 0.29) is 5.91 Å². The average molecular weight is 362 g/mol. The number of aromatic nitrogens is 2. The molecule has 0 aliphatic rings. The zero-order valence-electron chi connectivity index (χ0n) is 14.1. The van der Waals surface area contributed by atoms with Crippen molar-refractivity contribution in [3.63, 3.8) is 0 Å². The first-order valence-electron chi connectivity index (χ1n) is 8.25. The highest BCUT2D eigenvalue weighted by Crippen LogP contribution is 2.27. The van der Waals surface area contributed by atoms with E-state index in [2.05, 4.69) is 10.4 Å². The van der Waals surface area contributed by atoms with Gasteiger partial charge in [0.05, 0.1) is 11.4 Å². The summed E-state index contributed by atoms with van der Waals surface area (Å²) in [5.74, 6) is -0.272. The van der Waals surface area contributed by atoms with Crippen molar-refractivity contribution in [2.24, 2.45) is 0 Å². The fourth-order valence-corrected chi connectivity index (χ4v) is 3.37. The first kappa shape index (κ1) is 16.4. The standard InChI is InChI=1S/C21H16ClN3O/c1-14-19(20(22)25(24-14)16-10-3-2-4-11-16)21(26)23-18-13-7-9-15-8-5-6-12-17(15)18/h2-13H,1H3,(H,23,26). The molecule has 3 aromatic carbocycles. The van der Waals surface area contributed by atoms with Gasteiger partial charge in [-0.3, -0.25) is 4.79 Å². The van der Waals surface area contributed by atoms with Crippen molar-refractivity contribution < 1.29 is 4.79 Å². The van der Waals surface area contributed by atoms with E-state index in [1.54, 1.807) is 11.6 Å². The highest BCUT2D eigenvalue weighted by atomic mass is 35.5. The molecule has 0 fully saturated rings. The zero-order chi connectivity index (χ0) is 18.1. The van der Waals surface area contributed by atoms with Gasteiger partial charge in [-0.15, -0.1) is 0 Å². The number of anilines is 1. The Bertz CT molecular complexity index is 1100. The van der Waals surface area contributed by atoms with Crippen molar-refractivity contribution in [2.75, 3.05) is 5.32 Å². The third-order valence-corrected chi connectivity index (χ3v) is 4.62. The van der Waals surface area contributed by atoms with Crippen molar-refractivity contribution in [2.45, 2.75) is 6.92 Å². The second kappa shape index (κ2) is 6.65. The van der Waals surface area contributed by atoms with Crippen LogP contribution < -0.4 is 5.32 Å². The summed E-state index contributed by atoms with van der Waals surface area (Å²) in [5.41, 5.74) is 2.51. The summed E-state index contributed by atoms with van der Waals surface area (Å²) in [4.78, 5) is 12.9. The summed E-state index contributed by atoms with van der Waals surface area (Å²) in [6.45, 7) is 1.78. The third kappa shape index (κ3) is 2.85. The molecule has 5 heteroatoms. The van der Waals surface area contributed by atoms with Gasteiger partial charge in [-0.1, -0.05) is 66.2 Å². The van der Waals surface area contributed by atoms with Crippen molar-refractivity contribution in [1.82, 2.24) is 9.78 Å². The maximum Gasteiger partial charge on any atom is 0.260 e. The molecule has 26 heavy (non-hydrogen) atoms. The van der Waals surface area contributed by atoms with Gasteiger partial charge in [-0.05, 0) is 30.5 Å². The number of carbonyl (C=O) groups excluding carboxylic acids is 1. The van der Waals surface area contributed by atoms with Gasteiger partial charge in [0, 0.05) is 11.1 Å². The molecular weight excluding hydrogens is 346 g/mol. The second-order valence-corrected chi connectivity index (χ2v) is 6.34. The van der Waals surface area contributed by atoms with E-state index in [0.29, 0.717) is 16.4 Å². The highest BCUT2D eigenvalue weighted by molar-refractivity contribution is 6.34. The first-order valence-corrected chi connectivity index (χ1v) is 8.62. The minimum Gasteiger partial charge on any atom is -0.321 e. The molecule has 0 saturated carbocycles. The molecule has 1 aromatic heterocycles. The van der Waals surface area contributed by atoms with Crippen LogP contribution in [0.3, 0.4) is 0 Å². The minimum atomic E-state index is -0.272. The van der Waals surface area contributed by atoms with Crippen molar-refractivity contribution in [3.05, 3.63) is 89.2 Å². The van der Waals surface area contributed by atoms with Crippen LogP contribution in [0.25, 0.3) is 16.5 Å². The van der Waals surface area contributed by atoms with Crippen LogP contribution in [-0.4, -0.2) is 15.7 Å². The molecule has 0 unspecified atom stereocenters. The number of aryl methyl sites for hydroxylation is 1. The number of nitrogens with one attached hydrogen (secondary N) is 1. The molecule has 0 aliphatic heterocycles. The van der Waals surface area contributed by atoms with Gasteiger partial charge in [0.1, 0.15) is 10.7 Å². The lowest BCUT2D eigenvalue weighted by Crippen LogP contribution is -2.13. The number of fused-ring (bicyclic) bond motifs is 1. The van der Waals surface area contributed by atoms with E-state index in [1.165, 1.54) is 0 Å². The summed E-state index contributed by atoms with van der Waals surface area (Å²) in [7, 11) is 0. The lowest BCUT2D eigenvalue weighted by molar-refractivity contribution is 0.102. The fourth-order valence-electron chi connectivity index (χ4n) is 3.02. The van der Waals surface area contributed by atoms with Crippen LogP contribution >= 0.6 is 11.6 Å². The average Bonchev–Trinajstić information content (AvgIpc) is 2.97. The summed E-state index contributed by atoms with van der Waals surface area (Å²) >= 11 is 6.48. The van der Waals surface area contributed by atoms with Crippen LogP contribution in [0.5, 0.6) is 0 Å². The van der Waals surface area contributed by atoms with Gasteiger partial charge in [-0.2, -0.15) is 5.10 Å². The molecule has 1 N–H and O–H groups in total. The van der Waals surface area contributed by atoms with Gasteiger partial charge < -0.3 is 5.32 Å². The van der Waals surface area contributed by atoms with Crippen LogP contribution in [-0.2, 0) is 0 Å². The van der Waals surface area contributed by atoms with E-state index >= 15 is 0 Å². The van der Waals surface area contributed by atoms with Gasteiger partial charge in [0.25, 0.3) is 5.91 Å². The minimum absolute atomic E-state index is 0.272. The number of amides is 1. The molecule has 1 amide bonds. The van der Waals surface area contributed by atoms with Crippen molar-refractivity contribution in [3.8, 4) is 5.69 Å². The van der Waals surface area contributed by atoms with Crippen LogP contribution in [0.15, 0.2) is 72.8 Å². The number of nitrogens with zero attached hydrogens (tertiary/aromatic N) is 2. The Labute approximate surface area is 156 Å². The van der Waals surface area contributed by atoms with Gasteiger partial charge in [-0.25, -0.2) is 4.68 Å². The van der Waals surface area contributed by atoms with Crippen LogP contribution in [0.4, 0.5) is 5.69 Å². The Hall–Kier alpha value is -3.11. The first-order chi connectivity index (χ1) is 12.6. The lowest BCUT2D eigenvalue weighted by atomic mass is 10.1. The molecule has 0 atom stereocenters. The molecule has 0 bridgehead atoms. The Morgan fingerprint density at radius 3 is 2.46 bits per heavy atom. The van der Waals surface area contributed by atoms with Gasteiger partial charge >= 0.3 is 0 Å². The number of halogens is 1. The molecule has 0 radical (unpaired) electrons. The molecule has 1 heterocycles. The number of carbonyl (C=O) groups is 1. The SMILES string of the molecule is Cc1nn(-c2ccccc2)c(Cl)c1C(=O)Nc1cccc2ccccc12. The van der Waals surface area contributed by atoms with E-state index in [9.17, 15) is 4.79 Å². The number of para-hydroxylation sites is 1. The van der Waals surface area contributed by atoms with Crippen LogP contribution in [0.2, 0.25) is 5.15 Å². The quantitative estimate of drug-likeness (QED) is 0.542. The van der Waals surface area contributed by atoms with E-state index in [0.717, 1.165) is 22.1 Å². The van der Waals surface area contributed by atoms with E-state index in [4.69, 9.17) is 11.6 Å². The largest absolute Gasteiger partial charge is 0.321 e. The normalized spacial score (nSPS) is 10.8. The summed E-state index contributed by atoms with van der Waals surface area (Å²) < 4.78 is 1.58. The Morgan fingerprint density at radius 2 is 1.65 bits per heavy atom. The third-order valence-electron chi connectivity index (χ3n) is 4.27. The van der Waals surface area contributed by atoms with Gasteiger partial charge in [0.15, 0.2) is 0 Å². The number of benzene rings is 3. The molecule has 4 nitrogen and oxygen atoms in total. The fraction of sp³-hybridized carbons (Fsp3) is 0.0476. The molecule has 4 aromatic rings. The molecular formula is C21H16ClN3O. The Kier molecular flexibility index (Phi) is 4.19. The number of hydrogen-bond acceptors (Lipinski definition) is 2. The number of rotatable bonds is 3. The van der Waals surface area contributed by atoms with Crippen molar-refractivity contribution in [1.29, 1.82) is 0 Å². The molecule has 0 spiro atoms. The smallest absolute Gasteiger partial charge is 0.260 e. The highest BCUT2D eigenvalue weighted by Gasteiger charge is 2.21. The van der Waals surface area contributed by atoms with E-state index in [1.807, 2.05) is 72.8 Å². The number of hydrogen-bond donors (Lipinski definition) is 1. The predicted molar refractivity (Wildman–Crippen MR) is 105 cm³/mol. The van der Waals surface area contributed by atoms with Crippen LogP contribution in [0.1, 0.15) is 16.1 Å². The van der Waals surface area contributed by atoms with E-state index < -0.39 is 0 Å². The van der Waals surface area contributed by atoms with Crippen LogP contribution in [0, 0.1) is 6.92 Å².